The van der Waals surface area contributed by atoms with E-state index in [9.17, 15) is 9.18 Å². The maximum atomic E-state index is 13.5. The smallest absolute Gasteiger partial charge is 0.253 e. The van der Waals surface area contributed by atoms with Crippen molar-refractivity contribution in [2.75, 3.05) is 12.3 Å². The molecule has 2 aromatic carbocycles. The van der Waals surface area contributed by atoms with E-state index in [1.807, 2.05) is 30.3 Å². The Hall–Kier alpha value is -2.14. The van der Waals surface area contributed by atoms with Gasteiger partial charge in [0.25, 0.3) is 5.91 Å². The molecular weight excluding hydrogens is 299 g/mol. The Morgan fingerprint density at radius 2 is 1.86 bits per heavy atom. The van der Waals surface area contributed by atoms with Crippen molar-refractivity contribution in [3.8, 4) is 0 Å². The maximum Gasteiger partial charge on any atom is 0.253 e. The Kier molecular flexibility index (Phi) is 4.53. The molecule has 0 saturated carbocycles. The van der Waals surface area contributed by atoms with Gasteiger partial charge in [0.05, 0.1) is 18.0 Å². The Morgan fingerprint density at radius 3 is 2.64 bits per heavy atom. The van der Waals surface area contributed by atoms with Gasteiger partial charge in [0.1, 0.15) is 5.82 Å². The number of benzene rings is 2. The van der Waals surface area contributed by atoms with E-state index in [1.165, 1.54) is 22.8 Å². The predicted molar refractivity (Wildman–Crippen MR) is 86.4 cm³/mol. The summed E-state index contributed by atoms with van der Waals surface area (Å²) in [6.07, 6.45) is 0.750. The van der Waals surface area contributed by atoms with E-state index in [-0.39, 0.29) is 17.5 Å². The van der Waals surface area contributed by atoms with Gasteiger partial charge in [0.2, 0.25) is 0 Å². The van der Waals surface area contributed by atoms with Crippen LogP contribution in [0.2, 0.25) is 0 Å². The van der Waals surface area contributed by atoms with Gasteiger partial charge >= 0.3 is 0 Å². The minimum atomic E-state index is -0.296. The number of hydrogen-bond donors (Lipinski definition) is 0. The number of hydrazone groups is 1. The van der Waals surface area contributed by atoms with Crippen molar-refractivity contribution >= 4 is 23.4 Å². The molecule has 112 valence electrons. The number of nitrogens with zero attached hydrogens (tertiary/aromatic N) is 2. The molecule has 0 fully saturated rings. The molecule has 3 nitrogen and oxygen atoms in total. The molecule has 0 N–H and O–H groups in total. The first-order valence-corrected chi connectivity index (χ1v) is 8.03. The van der Waals surface area contributed by atoms with Crippen LogP contribution in [0.1, 0.15) is 12.0 Å². The number of thioether (sulfide) groups is 1. The van der Waals surface area contributed by atoms with Crippen LogP contribution in [-0.2, 0) is 4.79 Å². The second kappa shape index (κ2) is 6.75. The largest absolute Gasteiger partial charge is 0.272 e. The summed E-state index contributed by atoms with van der Waals surface area (Å²) in [4.78, 5) is 12.7. The predicted octanol–water partition coefficient (Wildman–Crippen LogP) is 3.55. The highest BCUT2D eigenvalue weighted by Gasteiger charge is 2.21. The molecule has 22 heavy (non-hydrogen) atoms. The Bertz CT molecular complexity index is 703. The average molecular weight is 314 g/mol. The van der Waals surface area contributed by atoms with Gasteiger partial charge in [-0.15, -0.1) is 11.8 Å². The zero-order valence-corrected chi connectivity index (χ0v) is 12.7. The first-order valence-electron chi connectivity index (χ1n) is 7.04. The van der Waals surface area contributed by atoms with Crippen molar-refractivity contribution in [2.24, 2.45) is 5.10 Å². The monoisotopic (exact) mass is 314 g/mol. The Morgan fingerprint density at radius 1 is 1.14 bits per heavy atom. The highest BCUT2D eigenvalue weighted by molar-refractivity contribution is 8.00. The SMILES string of the molecule is O=C(CSc1ccccc1F)N1CCC(c2ccccc2)=N1. The van der Waals surface area contributed by atoms with Crippen LogP contribution in [0.15, 0.2) is 64.6 Å². The van der Waals surface area contributed by atoms with Crippen LogP contribution in [0.4, 0.5) is 4.39 Å². The normalized spacial score (nSPS) is 14.0. The standard InChI is InChI=1S/C17H15FN2OS/c18-14-8-4-5-9-16(14)22-12-17(21)20-11-10-15(19-20)13-6-2-1-3-7-13/h1-9H,10-12H2. The van der Waals surface area contributed by atoms with Crippen LogP contribution in [0, 0.1) is 5.82 Å². The molecule has 0 saturated heterocycles. The summed E-state index contributed by atoms with van der Waals surface area (Å²) < 4.78 is 13.5. The molecule has 0 unspecified atom stereocenters. The number of carbonyl (C=O) groups is 1. The van der Waals surface area contributed by atoms with E-state index in [0.29, 0.717) is 11.4 Å². The molecule has 0 bridgehead atoms. The van der Waals surface area contributed by atoms with Gasteiger partial charge in [-0.2, -0.15) is 5.10 Å². The summed E-state index contributed by atoms with van der Waals surface area (Å²) in [5.74, 6) is -0.207. The second-order valence-corrected chi connectivity index (χ2v) is 5.92. The topological polar surface area (TPSA) is 32.7 Å². The van der Waals surface area contributed by atoms with Gasteiger partial charge < -0.3 is 0 Å². The van der Waals surface area contributed by atoms with Gasteiger partial charge in [0, 0.05) is 11.3 Å². The second-order valence-electron chi connectivity index (χ2n) is 4.90. The summed E-state index contributed by atoms with van der Waals surface area (Å²) >= 11 is 1.20. The Balaban J connectivity index is 1.62. The van der Waals surface area contributed by atoms with Crippen molar-refractivity contribution in [1.29, 1.82) is 0 Å². The lowest BCUT2D eigenvalue weighted by Crippen LogP contribution is -2.25. The zero-order chi connectivity index (χ0) is 15.4. The third kappa shape index (κ3) is 3.36. The highest BCUT2D eigenvalue weighted by atomic mass is 32.2. The zero-order valence-electron chi connectivity index (χ0n) is 11.9. The Labute approximate surface area is 132 Å². The summed E-state index contributed by atoms with van der Waals surface area (Å²) in [5.41, 5.74) is 1.96. The van der Waals surface area contributed by atoms with Crippen LogP contribution in [0.3, 0.4) is 0 Å². The minimum Gasteiger partial charge on any atom is -0.272 e. The number of hydrogen-bond acceptors (Lipinski definition) is 3. The van der Waals surface area contributed by atoms with Gasteiger partial charge in [-0.3, -0.25) is 4.79 Å². The third-order valence-electron chi connectivity index (χ3n) is 3.38. The van der Waals surface area contributed by atoms with Crippen molar-refractivity contribution in [3.63, 3.8) is 0 Å². The average Bonchev–Trinajstić information content (AvgIpc) is 3.05. The molecule has 5 heteroatoms. The van der Waals surface area contributed by atoms with E-state index in [2.05, 4.69) is 5.10 Å². The molecule has 0 spiro atoms. The number of amides is 1. The maximum absolute atomic E-state index is 13.5. The van der Waals surface area contributed by atoms with Gasteiger partial charge in [-0.05, 0) is 17.7 Å². The highest BCUT2D eigenvalue weighted by Crippen LogP contribution is 2.22. The molecule has 2 aromatic rings. The fourth-order valence-corrected chi connectivity index (χ4v) is 3.06. The minimum absolute atomic E-state index is 0.0980. The summed E-state index contributed by atoms with van der Waals surface area (Å²) in [6, 6.07) is 16.3. The first kappa shape index (κ1) is 14.8. The van der Waals surface area contributed by atoms with Gasteiger partial charge in [-0.1, -0.05) is 42.5 Å². The van der Waals surface area contributed by atoms with E-state index in [1.54, 1.807) is 18.2 Å². The molecule has 1 aliphatic rings. The van der Waals surface area contributed by atoms with E-state index in [0.717, 1.165) is 17.7 Å². The molecule has 3 rings (SSSR count). The van der Waals surface area contributed by atoms with Crippen LogP contribution in [-0.4, -0.2) is 28.9 Å². The lowest BCUT2D eigenvalue weighted by Gasteiger charge is -2.11. The van der Waals surface area contributed by atoms with Crippen LogP contribution in [0.25, 0.3) is 0 Å². The fraction of sp³-hybridized carbons (Fsp3) is 0.176. The third-order valence-corrected chi connectivity index (χ3v) is 4.42. The molecule has 1 heterocycles. The van der Waals surface area contributed by atoms with Crippen molar-refractivity contribution < 1.29 is 9.18 Å². The van der Waals surface area contributed by atoms with Crippen molar-refractivity contribution in [3.05, 3.63) is 66.0 Å². The fourth-order valence-electron chi connectivity index (χ4n) is 2.25. The number of rotatable bonds is 4. The molecule has 1 amide bonds. The van der Waals surface area contributed by atoms with Gasteiger partial charge in [0.15, 0.2) is 0 Å². The van der Waals surface area contributed by atoms with Crippen LogP contribution >= 0.6 is 11.8 Å². The summed E-state index contributed by atoms with van der Waals surface area (Å²) in [7, 11) is 0. The number of carbonyl (C=O) groups excluding carboxylic acids is 1. The molecule has 1 aliphatic heterocycles. The van der Waals surface area contributed by atoms with E-state index < -0.39 is 0 Å². The lowest BCUT2D eigenvalue weighted by molar-refractivity contribution is -0.127. The van der Waals surface area contributed by atoms with Crippen molar-refractivity contribution in [1.82, 2.24) is 5.01 Å². The molecular formula is C17H15FN2OS. The lowest BCUT2D eigenvalue weighted by atomic mass is 10.1. The quantitative estimate of drug-likeness (QED) is 0.809. The first-order chi connectivity index (χ1) is 10.7. The van der Waals surface area contributed by atoms with Crippen LogP contribution < -0.4 is 0 Å². The molecule has 0 radical (unpaired) electrons. The van der Waals surface area contributed by atoms with E-state index >= 15 is 0 Å². The number of halogens is 1. The van der Waals surface area contributed by atoms with Gasteiger partial charge in [-0.25, -0.2) is 9.40 Å². The van der Waals surface area contributed by atoms with E-state index in [4.69, 9.17) is 0 Å². The molecule has 0 atom stereocenters. The molecule has 0 aromatic heterocycles. The van der Waals surface area contributed by atoms with Crippen molar-refractivity contribution in [2.45, 2.75) is 11.3 Å². The van der Waals surface area contributed by atoms with Crippen LogP contribution in [0.5, 0.6) is 0 Å². The summed E-state index contributed by atoms with van der Waals surface area (Å²) in [6.45, 7) is 0.584. The molecule has 0 aliphatic carbocycles. The summed E-state index contributed by atoms with van der Waals surface area (Å²) in [5, 5.41) is 5.87.